The molecular formula is C14H22N2O3S. The minimum atomic E-state index is -3.62. The molecule has 0 spiro atoms. The molecule has 0 aliphatic rings. The van der Waals surface area contributed by atoms with E-state index in [1.54, 1.807) is 38.4 Å². The second kappa shape index (κ2) is 6.37. The van der Waals surface area contributed by atoms with Crippen molar-refractivity contribution in [1.82, 2.24) is 9.21 Å². The number of carbonyl (C=O) groups is 1. The summed E-state index contributed by atoms with van der Waals surface area (Å²) < 4.78 is 25.7. The zero-order valence-corrected chi connectivity index (χ0v) is 13.4. The number of nitrogens with zero attached hydrogens (tertiary/aromatic N) is 2. The van der Waals surface area contributed by atoms with Crippen LogP contribution in [0.15, 0.2) is 29.2 Å². The first-order valence-corrected chi connectivity index (χ1v) is 7.86. The second-order valence-corrected chi connectivity index (χ2v) is 7.32. The molecule has 1 aromatic rings. The van der Waals surface area contributed by atoms with Crippen LogP contribution < -0.4 is 0 Å². The van der Waals surface area contributed by atoms with Crippen molar-refractivity contribution in [1.29, 1.82) is 0 Å². The third-order valence-electron chi connectivity index (χ3n) is 3.11. The lowest BCUT2D eigenvalue weighted by atomic mass is 10.0. The van der Waals surface area contributed by atoms with Crippen molar-refractivity contribution < 1.29 is 13.2 Å². The van der Waals surface area contributed by atoms with Gasteiger partial charge in [-0.25, -0.2) is 8.42 Å². The van der Waals surface area contributed by atoms with Gasteiger partial charge in [0.25, 0.3) is 0 Å². The van der Waals surface area contributed by atoms with E-state index in [-0.39, 0.29) is 17.3 Å². The maximum Gasteiger partial charge on any atom is 0.243 e. The van der Waals surface area contributed by atoms with Gasteiger partial charge in [-0.1, -0.05) is 26.0 Å². The van der Waals surface area contributed by atoms with Crippen LogP contribution in [0.25, 0.3) is 0 Å². The number of likely N-dealkylation sites (N-methyl/N-ethyl adjacent to an activating group) is 2. The zero-order valence-electron chi connectivity index (χ0n) is 12.6. The second-order valence-electron chi connectivity index (χ2n) is 5.27. The highest BCUT2D eigenvalue weighted by atomic mass is 32.2. The third-order valence-corrected chi connectivity index (χ3v) is 4.93. The molecule has 0 unspecified atom stereocenters. The summed E-state index contributed by atoms with van der Waals surface area (Å²) in [5.74, 6) is 0.0923. The van der Waals surface area contributed by atoms with E-state index in [0.717, 1.165) is 9.87 Å². The van der Waals surface area contributed by atoms with Crippen LogP contribution in [0.3, 0.4) is 0 Å². The van der Waals surface area contributed by atoms with Crippen molar-refractivity contribution in [3.63, 3.8) is 0 Å². The summed E-state index contributed by atoms with van der Waals surface area (Å²) >= 11 is 0. The van der Waals surface area contributed by atoms with Crippen molar-refractivity contribution in [3.05, 3.63) is 29.8 Å². The average molecular weight is 298 g/mol. The highest BCUT2D eigenvalue weighted by molar-refractivity contribution is 7.89. The zero-order chi connectivity index (χ0) is 15.5. The molecule has 0 atom stereocenters. The standard InChI is InChI=1S/C14H22N2O3S/c1-11(2)12-6-8-13(9-7-12)20(18,19)16(5)10-14(17)15(3)4/h6-9,11H,10H2,1-5H3. The SMILES string of the molecule is CC(C)c1ccc(S(=O)(=O)N(C)CC(=O)N(C)C)cc1. The molecule has 0 aliphatic carbocycles. The van der Waals surface area contributed by atoms with Crippen LogP contribution in [0.1, 0.15) is 25.3 Å². The molecule has 1 aromatic carbocycles. The van der Waals surface area contributed by atoms with E-state index >= 15 is 0 Å². The minimum Gasteiger partial charge on any atom is -0.348 e. The smallest absolute Gasteiger partial charge is 0.243 e. The number of amides is 1. The van der Waals surface area contributed by atoms with E-state index in [1.165, 1.54) is 11.9 Å². The Kier molecular flexibility index (Phi) is 5.30. The van der Waals surface area contributed by atoms with Crippen LogP contribution >= 0.6 is 0 Å². The van der Waals surface area contributed by atoms with Gasteiger partial charge in [-0.15, -0.1) is 0 Å². The largest absolute Gasteiger partial charge is 0.348 e. The Balaban J connectivity index is 2.95. The maximum atomic E-state index is 12.3. The lowest BCUT2D eigenvalue weighted by molar-refractivity contribution is -0.128. The fourth-order valence-electron chi connectivity index (χ4n) is 1.62. The first-order valence-electron chi connectivity index (χ1n) is 6.42. The molecule has 112 valence electrons. The molecular weight excluding hydrogens is 276 g/mol. The topological polar surface area (TPSA) is 57.7 Å². The molecule has 6 heteroatoms. The summed E-state index contributed by atoms with van der Waals surface area (Å²) in [7, 11) is 0.981. The number of hydrogen-bond acceptors (Lipinski definition) is 3. The first kappa shape index (κ1) is 16.7. The molecule has 1 amide bonds. The van der Waals surface area contributed by atoms with Crippen LogP contribution in [0.4, 0.5) is 0 Å². The Morgan fingerprint density at radius 1 is 1.10 bits per heavy atom. The van der Waals surface area contributed by atoms with Crippen LogP contribution in [-0.2, 0) is 14.8 Å². The Bertz CT molecular complexity index is 563. The van der Waals surface area contributed by atoms with Gasteiger partial charge in [-0.3, -0.25) is 4.79 Å². The van der Waals surface area contributed by atoms with Crippen LogP contribution in [-0.4, -0.2) is 51.2 Å². The lowest BCUT2D eigenvalue weighted by Crippen LogP contribution is -2.37. The summed E-state index contributed by atoms with van der Waals surface area (Å²) in [6.45, 7) is 3.93. The van der Waals surface area contributed by atoms with E-state index in [1.807, 2.05) is 13.8 Å². The van der Waals surface area contributed by atoms with Crippen molar-refractivity contribution in [3.8, 4) is 0 Å². The minimum absolute atomic E-state index is 0.165. The molecule has 0 saturated heterocycles. The molecule has 0 aliphatic heterocycles. The van der Waals surface area contributed by atoms with E-state index in [4.69, 9.17) is 0 Å². The van der Waals surface area contributed by atoms with Gasteiger partial charge in [0, 0.05) is 21.1 Å². The van der Waals surface area contributed by atoms with Crippen LogP contribution in [0.2, 0.25) is 0 Å². The third kappa shape index (κ3) is 3.80. The van der Waals surface area contributed by atoms with Gasteiger partial charge >= 0.3 is 0 Å². The predicted molar refractivity (Wildman–Crippen MR) is 79.0 cm³/mol. The molecule has 20 heavy (non-hydrogen) atoms. The number of benzene rings is 1. The number of rotatable bonds is 5. The quantitative estimate of drug-likeness (QED) is 0.828. The van der Waals surface area contributed by atoms with Gasteiger partial charge in [0.2, 0.25) is 15.9 Å². The number of hydrogen-bond donors (Lipinski definition) is 0. The average Bonchev–Trinajstić information content (AvgIpc) is 2.38. The Morgan fingerprint density at radius 3 is 2.00 bits per heavy atom. The van der Waals surface area contributed by atoms with Gasteiger partial charge in [0.15, 0.2) is 0 Å². The van der Waals surface area contributed by atoms with Gasteiger partial charge in [-0.05, 0) is 23.6 Å². The molecule has 0 radical (unpaired) electrons. The molecule has 0 N–H and O–H groups in total. The fraction of sp³-hybridized carbons (Fsp3) is 0.500. The molecule has 0 bridgehead atoms. The summed E-state index contributed by atoms with van der Waals surface area (Å²) in [5, 5.41) is 0. The Morgan fingerprint density at radius 2 is 1.60 bits per heavy atom. The summed E-state index contributed by atoms with van der Waals surface area (Å²) in [5.41, 5.74) is 1.08. The lowest BCUT2D eigenvalue weighted by Gasteiger charge is -2.19. The summed E-state index contributed by atoms with van der Waals surface area (Å²) in [6.07, 6.45) is 0. The molecule has 0 aromatic heterocycles. The molecule has 0 heterocycles. The first-order chi connectivity index (χ1) is 9.16. The molecule has 5 nitrogen and oxygen atoms in total. The summed E-state index contributed by atoms with van der Waals surface area (Å²) in [6, 6.07) is 6.78. The normalized spacial score (nSPS) is 11.9. The molecule has 0 saturated carbocycles. The van der Waals surface area contributed by atoms with Gasteiger partial charge in [-0.2, -0.15) is 4.31 Å². The van der Waals surface area contributed by atoms with E-state index in [2.05, 4.69) is 0 Å². The van der Waals surface area contributed by atoms with Crippen LogP contribution in [0.5, 0.6) is 0 Å². The fourth-order valence-corrected chi connectivity index (χ4v) is 2.74. The predicted octanol–water partition coefficient (Wildman–Crippen LogP) is 1.52. The van der Waals surface area contributed by atoms with Crippen molar-refractivity contribution in [2.45, 2.75) is 24.7 Å². The van der Waals surface area contributed by atoms with Crippen molar-refractivity contribution in [2.75, 3.05) is 27.7 Å². The monoisotopic (exact) mass is 298 g/mol. The van der Waals surface area contributed by atoms with Gasteiger partial charge in [0.05, 0.1) is 11.4 Å². The molecule has 0 fully saturated rings. The maximum absolute atomic E-state index is 12.3. The van der Waals surface area contributed by atoms with Crippen LogP contribution in [0, 0.1) is 0 Å². The number of sulfonamides is 1. The van der Waals surface area contributed by atoms with Crippen molar-refractivity contribution >= 4 is 15.9 Å². The van der Waals surface area contributed by atoms with Gasteiger partial charge in [0.1, 0.15) is 0 Å². The highest BCUT2D eigenvalue weighted by Crippen LogP contribution is 2.19. The van der Waals surface area contributed by atoms with Crippen molar-refractivity contribution in [2.24, 2.45) is 0 Å². The van der Waals surface area contributed by atoms with E-state index in [0.29, 0.717) is 5.92 Å². The Labute approximate surface area is 121 Å². The summed E-state index contributed by atoms with van der Waals surface area (Å²) in [4.78, 5) is 13.2. The van der Waals surface area contributed by atoms with E-state index in [9.17, 15) is 13.2 Å². The number of carbonyl (C=O) groups excluding carboxylic acids is 1. The molecule has 1 rings (SSSR count). The Hall–Kier alpha value is -1.40. The van der Waals surface area contributed by atoms with E-state index < -0.39 is 10.0 Å². The van der Waals surface area contributed by atoms with Gasteiger partial charge < -0.3 is 4.90 Å². The highest BCUT2D eigenvalue weighted by Gasteiger charge is 2.23.